The Morgan fingerprint density at radius 1 is 0.986 bits per heavy atom. The van der Waals surface area contributed by atoms with Crippen LogP contribution >= 0.6 is 11.6 Å². The molecular weight excluding hydrogens is 922 g/mol. The number of ether oxygens (including phenoxy) is 2. The first-order valence-electron chi connectivity index (χ1n) is 22.5. The number of halogens is 3. The first kappa shape index (κ1) is 55.5. The molecule has 6 rings (SSSR count). The topological polar surface area (TPSA) is 214 Å². The highest BCUT2D eigenvalue weighted by Crippen LogP contribution is 2.33. The zero-order chi connectivity index (χ0) is 50.6. The van der Waals surface area contributed by atoms with Crippen LogP contribution in [0.5, 0.6) is 0 Å². The number of likely N-dealkylation sites (N-methyl/N-ethyl adjacent to an activating group) is 1. The lowest BCUT2D eigenvalue weighted by molar-refractivity contribution is -0.138. The fourth-order valence-corrected chi connectivity index (χ4v) is 7.72. The molecular formula is C47H63ClF2N10O9. The number of aldehydes is 1. The molecule has 2 fully saturated rings. The molecule has 19 nitrogen and oxygen atoms in total. The zero-order valence-corrected chi connectivity index (χ0v) is 40.8. The summed E-state index contributed by atoms with van der Waals surface area (Å²) in [5, 5.41) is 19.1. The Morgan fingerprint density at radius 3 is 2.25 bits per heavy atom. The predicted molar refractivity (Wildman–Crippen MR) is 255 cm³/mol. The van der Waals surface area contributed by atoms with Crippen LogP contribution in [-0.2, 0) is 42.2 Å². The monoisotopic (exact) mass is 984 g/mol. The largest absolute Gasteiger partial charge is 0.480 e. The summed E-state index contributed by atoms with van der Waals surface area (Å²) in [6, 6.07) is 7.37. The summed E-state index contributed by atoms with van der Waals surface area (Å²) in [5.41, 5.74) is 1.81. The Hall–Kier alpha value is -6.13. The molecule has 2 aliphatic heterocycles. The van der Waals surface area contributed by atoms with E-state index in [-0.39, 0.29) is 58.0 Å². The summed E-state index contributed by atoms with van der Waals surface area (Å²) < 4.78 is 42.8. The van der Waals surface area contributed by atoms with Gasteiger partial charge in [0.15, 0.2) is 17.5 Å². The standard InChI is InChI=1S/C34H36ClF2N7O5.C11H23N3O2.C2H4O2/c1-21-26(19-39-44(21)15-17-49-3)23-9-10-25(31(37)30(23)36)28-20-38-32(41(28)2)33(47)40-22-7-8-24(27(35)18-22)34(48)43-13-11-42(12-14-43)29(46)6-4-5-16-45;1-3-13(2)4-5-14(9-11(15)16)8-10-6-12-7-10;1-4-2-3/h7-10,16,18-20H,4-6,11-15,17H2,1-3H3,(H,40,47);10,12H,3-9H2,1-2H3,(H,15,16);2H,1H3. The molecule has 0 atom stereocenters. The van der Waals surface area contributed by atoms with Gasteiger partial charge in [-0.2, -0.15) is 5.10 Å². The number of aliphatic carboxylic acids is 1. The molecule has 376 valence electrons. The number of anilines is 1. The molecule has 22 heteroatoms. The average molecular weight is 986 g/mol. The van der Waals surface area contributed by atoms with Crippen LogP contribution in [0.4, 0.5) is 14.5 Å². The van der Waals surface area contributed by atoms with Crippen LogP contribution in [-0.4, -0.2) is 180 Å². The van der Waals surface area contributed by atoms with Crippen LogP contribution in [0, 0.1) is 24.5 Å². The number of amides is 3. The van der Waals surface area contributed by atoms with E-state index in [1.54, 1.807) is 28.5 Å². The third kappa shape index (κ3) is 15.7. The van der Waals surface area contributed by atoms with Gasteiger partial charge in [0, 0.05) is 114 Å². The Balaban J connectivity index is 0.000000432. The average Bonchev–Trinajstić information content (AvgIpc) is 3.89. The normalized spacial score (nSPS) is 13.5. The maximum Gasteiger partial charge on any atom is 0.317 e. The molecule has 0 bridgehead atoms. The number of hydrogen-bond acceptors (Lipinski definition) is 13. The van der Waals surface area contributed by atoms with Gasteiger partial charge in [-0.1, -0.05) is 24.6 Å². The minimum Gasteiger partial charge on any atom is -0.480 e. The van der Waals surface area contributed by atoms with Gasteiger partial charge in [0.2, 0.25) is 5.91 Å². The van der Waals surface area contributed by atoms with Crippen molar-refractivity contribution in [2.75, 3.05) is 105 Å². The lowest BCUT2D eigenvalue weighted by Gasteiger charge is -2.35. The van der Waals surface area contributed by atoms with E-state index in [1.165, 1.54) is 61.5 Å². The number of carboxylic acid groups (broad SMARTS) is 1. The quantitative estimate of drug-likeness (QED) is 0.0794. The van der Waals surface area contributed by atoms with Crippen LogP contribution in [0.1, 0.15) is 52.9 Å². The van der Waals surface area contributed by atoms with Crippen LogP contribution in [0.3, 0.4) is 0 Å². The number of nitrogens with one attached hydrogen (secondary N) is 2. The molecule has 2 saturated heterocycles. The van der Waals surface area contributed by atoms with Crippen LogP contribution < -0.4 is 10.6 Å². The van der Waals surface area contributed by atoms with Gasteiger partial charge in [-0.15, -0.1) is 0 Å². The second-order valence-corrected chi connectivity index (χ2v) is 16.8. The van der Waals surface area contributed by atoms with E-state index in [2.05, 4.69) is 44.3 Å². The SMILES string of the molecule is CCN(C)CCN(CC(=O)O)CC1CNC1.COC=O.COCCn1ncc(-c2ccc(-c3cnc(C(=O)Nc4ccc(C(=O)N5CCN(C(=O)CCCC=O)CC5)c(Cl)c4)n3C)c(F)c2F)c1C. The molecule has 0 radical (unpaired) electrons. The zero-order valence-electron chi connectivity index (χ0n) is 40.0. The second-order valence-electron chi connectivity index (χ2n) is 16.4. The van der Waals surface area contributed by atoms with E-state index >= 15 is 8.78 Å². The highest BCUT2D eigenvalue weighted by molar-refractivity contribution is 6.34. The van der Waals surface area contributed by atoms with Crippen molar-refractivity contribution in [1.29, 1.82) is 0 Å². The lowest BCUT2D eigenvalue weighted by Crippen LogP contribution is -2.50. The van der Waals surface area contributed by atoms with Crippen molar-refractivity contribution in [1.82, 2.24) is 44.2 Å². The summed E-state index contributed by atoms with van der Waals surface area (Å²) in [6.07, 6.45) is 4.68. The van der Waals surface area contributed by atoms with Gasteiger partial charge in [0.1, 0.15) is 6.29 Å². The fraction of sp³-hybridized carbons (Fsp3) is 0.489. The molecule has 3 N–H and O–H groups in total. The van der Waals surface area contributed by atoms with Gasteiger partial charge in [-0.25, -0.2) is 13.8 Å². The molecule has 0 unspecified atom stereocenters. The Labute approximate surface area is 405 Å². The molecule has 4 aromatic rings. The highest BCUT2D eigenvalue weighted by atomic mass is 35.5. The Bertz CT molecular complexity index is 2370. The maximum atomic E-state index is 15.5. The summed E-state index contributed by atoms with van der Waals surface area (Å²) in [6.45, 7) is 12.5. The maximum absolute atomic E-state index is 15.5. The Kier molecular flexibility index (Phi) is 22.3. The van der Waals surface area contributed by atoms with Crippen molar-refractivity contribution in [3.63, 3.8) is 0 Å². The minimum absolute atomic E-state index is 0.0457. The van der Waals surface area contributed by atoms with Crippen molar-refractivity contribution in [3.05, 3.63) is 76.5 Å². The number of unbranched alkanes of at least 4 members (excludes halogenated alkanes) is 1. The van der Waals surface area contributed by atoms with Crippen molar-refractivity contribution in [2.24, 2.45) is 13.0 Å². The van der Waals surface area contributed by atoms with Gasteiger partial charge < -0.3 is 49.3 Å². The summed E-state index contributed by atoms with van der Waals surface area (Å²) in [5.74, 6) is -3.29. The second kappa shape index (κ2) is 27.8. The van der Waals surface area contributed by atoms with Gasteiger partial charge in [0.25, 0.3) is 18.3 Å². The number of rotatable bonds is 21. The molecule has 3 amide bonds. The van der Waals surface area contributed by atoms with Crippen molar-refractivity contribution < 1.29 is 52.1 Å². The van der Waals surface area contributed by atoms with Crippen LogP contribution in [0.15, 0.2) is 42.7 Å². The van der Waals surface area contributed by atoms with E-state index in [0.29, 0.717) is 81.5 Å². The van der Waals surface area contributed by atoms with E-state index < -0.39 is 23.5 Å². The molecule has 4 heterocycles. The van der Waals surface area contributed by atoms with Gasteiger partial charge in [0.05, 0.1) is 55.5 Å². The van der Waals surface area contributed by atoms with Gasteiger partial charge >= 0.3 is 5.97 Å². The molecule has 0 spiro atoms. The number of carbonyl (C=O) groups is 6. The first-order valence-corrected chi connectivity index (χ1v) is 22.9. The fourth-order valence-electron chi connectivity index (χ4n) is 7.46. The first-order chi connectivity index (χ1) is 33.1. The minimum atomic E-state index is -1.09. The summed E-state index contributed by atoms with van der Waals surface area (Å²) >= 11 is 6.46. The van der Waals surface area contributed by atoms with Gasteiger partial charge in [-0.05, 0) is 57.1 Å². The summed E-state index contributed by atoms with van der Waals surface area (Å²) in [4.78, 5) is 80.6. The number of methoxy groups -OCH3 is 2. The van der Waals surface area contributed by atoms with E-state index in [1.807, 2.05) is 4.90 Å². The molecule has 69 heavy (non-hydrogen) atoms. The third-order valence-corrected chi connectivity index (χ3v) is 12.0. The molecule has 2 aromatic heterocycles. The number of imidazole rings is 1. The Morgan fingerprint density at radius 2 is 1.65 bits per heavy atom. The van der Waals surface area contributed by atoms with Crippen LogP contribution in [0.25, 0.3) is 22.4 Å². The predicted octanol–water partition coefficient (Wildman–Crippen LogP) is 4.08. The third-order valence-electron chi connectivity index (χ3n) is 11.7. The van der Waals surface area contributed by atoms with E-state index in [9.17, 15) is 24.0 Å². The van der Waals surface area contributed by atoms with E-state index in [4.69, 9.17) is 26.2 Å². The number of aromatic nitrogens is 4. The number of benzene rings is 2. The molecule has 2 aromatic carbocycles. The number of piperazine rings is 1. The number of carboxylic acids is 1. The highest BCUT2D eigenvalue weighted by Gasteiger charge is 2.27. The summed E-state index contributed by atoms with van der Waals surface area (Å²) in [7, 11) is 6.45. The number of hydrogen-bond donors (Lipinski definition) is 3. The number of nitrogens with zero attached hydrogens (tertiary/aromatic N) is 8. The van der Waals surface area contributed by atoms with Crippen molar-refractivity contribution in [3.8, 4) is 22.4 Å². The van der Waals surface area contributed by atoms with E-state index in [0.717, 1.165) is 45.6 Å². The lowest BCUT2D eigenvalue weighted by atomic mass is 10.0. The number of carbonyl (C=O) groups excluding carboxylic acids is 5. The molecule has 0 saturated carbocycles. The van der Waals surface area contributed by atoms with Gasteiger partial charge in [-0.3, -0.25) is 33.6 Å². The van der Waals surface area contributed by atoms with Crippen molar-refractivity contribution >= 4 is 53.7 Å². The molecule has 0 aliphatic carbocycles. The van der Waals surface area contributed by atoms with Crippen molar-refractivity contribution in [2.45, 2.75) is 39.7 Å². The smallest absolute Gasteiger partial charge is 0.317 e. The van der Waals surface area contributed by atoms with Crippen LogP contribution in [0.2, 0.25) is 5.02 Å². The molecule has 2 aliphatic rings.